The van der Waals surface area contributed by atoms with Crippen molar-refractivity contribution in [3.8, 4) is 11.5 Å². The maximum atomic E-state index is 9.74. The number of aromatic hydroxyl groups is 2. The fourth-order valence-corrected chi connectivity index (χ4v) is 2.21. The third-order valence-corrected chi connectivity index (χ3v) is 3.22. The van der Waals surface area contributed by atoms with Crippen molar-refractivity contribution in [3.05, 3.63) is 58.1 Å². The lowest BCUT2D eigenvalue weighted by molar-refractivity contribution is 0.466. The highest BCUT2D eigenvalue weighted by atomic mass is 16.3. The van der Waals surface area contributed by atoms with Crippen molar-refractivity contribution in [2.75, 3.05) is 0 Å². The maximum Gasteiger partial charge on any atom is 0.121 e. The van der Waals surface area contributed by atoms with Crippen molar-refractivity contribution < 1.29 is 10.2 Å². The van der Waals surface area contributed by atoms with E-state index in [0.717, 1.165) is 28.7 Å². The summed E-state index contributed by atoms with van der Waals surface area (Å²) < 4.78 is 0. The molecule has 0 bridgehead atoms. The lowest BCUT2D eigenvalue weighted by atomic mass is 9.99. The molecule has 0 unspecified atom stereocenters. The van der Waals surface area contributed by atoms with E-state index in [9.17, 15) is 10.2 Å². The molecule has 2 aromatic carbocycles. The van der Waals surface area contributed by atoms with E-state index in [1.807, 2.05) is 45.0 Å². The van der Waals surface area contributed by atoms with Crippen molar-refractivity contribution in [2.24, 2.45) is 0 Å². The Bertz CT molecular complexity index is 563. The zero-order valence-electron chi connectivity index (χ0n) is 11.0. The number of phenols is 2. The van der Waals surface area contributed by atoms with E-state index >= 15 is 0 Å². The summed E-state index contributed by atoms with van der Waals surface area (Å²) in [4.78, 5) is 0. The molecule has 0 radical (unpaired) electrons. The molecule has 0 fully saturated rings. The van der Waals surface area contributed by atoms with Crippen LogP contribution in [0.1, 0.15) is 27.8 Å². The molecule has 0 heterocycles. The molecule has 0 amide bonds. The van der Waals surface area contributed by atoms with Gasteiger partial charge in [0.2, 0.25) is 0 Å². The summed E-state index contributed by atoms with van der Waals surface area (Å²) in [6, 6.07) is 9.66. The molecule has 2 aromatic rings. The Labute approximate surface area is 108 Å². The smallest absolute Gasteiger partial charge is 0.121 e. The van der Waals surface area contributed by atoms with E-state index in [0.29, 0.717) is 11.5 Å². The van der Waals surface area contributed by atoms with Gasteiger partial charge in [-0.2, -0.15) is 0 Å². The molecular weight excluding hydrogens is 224 g/mol. The van der Waals surface area contributed by atoms with Crippen LogP contribution in [0.4, 0.5) is 0 Å². The zero-order valence-corrected chi connectivity index (χ0v) is 11.0. The fourth-order valence-electron chi connectivity index (χ4n) is 2.21. The fraction of sp³-hybridized carbons (Fsp3) is 0.250. The van der Waals surface area contributed by atoms with Crippen LogP contribution in [0.15, 0.2) is 30.3 Å². The topological polar surface area (TPSA) is 40.5 Å². The molecule has 2 nitrogen and oxygen atoms in total. The monoisotopic (exact) mass is 242 g/mol. The molecule has 2 heteroatoms. The Morgan fingerprint density at radius 1 is 0.778 bits per heavy atom. The van der Waals surface area contributed by atoms with E-state index in [1.165, 1.54) is 5.56 Å². The van der Waals surface area contributed by atoms with E-state index in [1.54, 1.807) is 6.07 Å². The van der Waals surface area contributed by atoms with Crippen molar-refractivity contribution >= 4 is 0 Å². The molecule has 0 aliphatic heterocycles. The van der Waals surface area contributed by atoms with Gasteiger partial charge in [0.15, 0.2) is 0 Å². The first-order valence-electron chi connectivity index (χ1n) is 6.05. The molecule has 18 heavy (non-hydrogen) atoms. The lowest BCUT2D eigenvalue weighted by Crippen LogP contribution is -1.92. The Morgan fingerprint density at radius 2 is 1.33 bits per heavy atom. The summed E-state index contributed by atoms with van der Waals surface area (Å²) in [5, 5.41) is 19.2. The number of hydrogen-bond donors (Lipinski definition) is 2. The highest BCUT2D eigenvalue weighted by Gasteiger charge is 2.05. The molecule has 2 N–H and O–H groups in total. The molecule has 0 spiro atoms. The van der Waals surface area contributed by atoms with Gasteiger partial charge >= 0.3 is 0 Å². The molecule has 94 valence electrons. The van der Waals surface area contributed by atoms with E-state index in [4.69, 9.17) is 0 Å². The van der Waals surface area contributed by atoms with Gasteiger partial charge < -0.3 is 10.2 Å². The largest absolute Gasteiger partial charge is 0.508 e. The first-order valence-corrected chi connectivity index (χ1v) is 6.05. The Kier molecular flexibility index (Phi) is 3.28. The minimum atomic E-state index is 0.330. The highest BCUT2D eigenvalue weighted by molar-refractivity contribution is 5.44. The highest BCUT2D eigenvalue weighted by Crippen LogP contribution is 2.25. The number of rotatable bonds is 2. The second-order valence-corrected chi connectivity index (χ2v) is 4.88. The van der Waals surface area contributed by atoms with Gasteiger partial charge in [-0.25, -0.2) is 0 Å². The Hall–Kier alpha value is -1.96. The van der Waals surface area contributed by atoms with Crippen LogP contribution in [-0.4, -0.2) is 10.2 Å². The normalized spacial score (nSPS) is 10.6. The predicted molar refractivity (Wildman–Crippen MR) is 73.2 cm³/mol. The Morgan fingerprint density at radius 3 is 1.89 bits per heavy atom. The molecule has 0 aromatic heterocycles. The second-order valence-electron chi connectivity index (χ2n) is 4.88. The van der Waals surface area contributed by atoms with Gasteiger partial charge in [-0.1, -0.05) is 24.3 Å². The van der Waals surface area contributed by atoms with Crippen LogP contribution < -0.4 is 0 Å². The van der Waals surface area contributed by atoms with E-state index in [2.05, 4.69) is 0 Å². The molecule has 0 saturated heterocycles. The number of phenolic OH excluding ortho intramolecular Hbond substituents is 2. The van der Waals surface area contributed by atoms with Crippen LogP contribution in [0.25, 0.3) is 0 Å². The summed E-state index contributed by atoms with van der Waals surface area (Å²) >= 11 is 0. The minimum Gasteiger partial charge on any atom is -0.508 e. The molecular formula is C16H18O2. The van der Waals surface area contributed by atoms with Gasteiger partial charge in [0, 0.05) is 0 Å². The molecule has 0 aliphatic carbocycles. The van der Waals surface area contributed by atoms with Crippen LogP contribution in [0.5, 0.6) is 11.5 Å². The first kappa shape index (κ1) is 12.5. The lowest BCUT2D eigenvalue weighted by Gasteiger charge is -2.09. The third kappa shape index (κ3) is 2.48. The summed E-state index contributed by atoms with van der Waals surface area (Å²) in [6.45, 7) is 5.72. The van der Waals surface area contributed by atoms with Crippen LogP contribution in [-0.2, 0) is 6.42 Å². The first-order chi connectivity index (χ1) is 8.47. The van der Waals surface area contributed by atoms with Crippen molar-refractivity contribution in [1.82, 2.24) is 0 Å². The van der Waals surface area contributed by atoms with Crippen LogP contribution in [0.3, 0.4) is 0 Å². The minimum absolute atomic E-state index is 0.330. The number of benzene rings is 2. The number of hydrogen-bond acceptors (Lipinski definition) is 2. The van der Waals surface area contributed by atoms with Gasteiger partial charge in [0.25, 0.3) is 0 Å². The standard InChI is InChI=1S/C16H18O2/c1-10-6-13(4-5-15(10)17)9-14-7-11(2)16(18)12(3)8-14/h4-8,17-18H,9H2,1-3H3. The van der Waals surface area contributed by atoms with Crippen molar-refractivity contribution in [1.29, 1.82) is 0 Å². The second kappa shape index (κ2) is 4.73. The molecule has 0 saturated carbocycles. The summed E-state index contributed by atoms with van der Waals surface area (Å²) in [5.41, 5.74) is 5.03. The van der Waals surface area contributed by atoms with Gasteiger partial charge in [-0.15, -0.1) is 0 Å². The van der Waals surface area contributed by atoms with Crippen molar-refractivity contribution in [2.45, 2.75) is 27.2 Å². The summed E-state index contributed by atoms with van der Waals surface area (Å²) in [5.74, 6) is 0.706. The molecule has 2 rings (SSSR count). The average Bonchev–Trinajstić information content (AvgIpc) is 2.31. The SMILES string of the molecule is Cc1cc(Cc2cc(C)c(O)c(C)c2)ccc1O. The summed E-state index contributed by atoms with van der Waals surface area (Å²) in [7, 11) is 0. The van der Waals surface area contributed by atoms with Gasteiger partial charge in [0.05, 0.1) is 0 Å². The quantitative estimate of drug-likeness (QED) is 0.844. The van der Waals surface area contributed by atoms with Crippen molar-refractivity contribution in [3.63, 3.8) is 0 Å². The van der Waals surface area contributed by atoms with Gasteiger partial charge in [0.1, 0.15) is 11.5 Å². The maximum absolute atomic E-state index is 9.74. The van der Waals surface area contributed by atoms with E-state index in [-0.39, 0.29) is 0 Å². The predicted octanol–water partition coefficient (Wildman–Crippen LogP) is 3.61. The molecule has 0 aliphatic rings. The molecule has 0 atom stereocenters. The number of aryl methyl sites for hydroxylation is 3. The van der Waals surface area contributed by atoms with Crippen LogP contribution in [0.2, 0.25) is 0 Å². The average molecular weight is 242 g/mol. The summed E-state index contributed by atoms with van der Waals surface area (Å²) in [6.07, 6.45) is 0.809. The van der Waals surface area contributed by atoms with Crippen LogP contribution >= 0.6 is 0 Å². The van der Waals surface area contributed by atoms with Gasteiger partial charge in [-0.05, 0) is 61.1 Å². The van der Waals surface area contributed by atoms with E-state index < -0.39 is 0 Å². The van der Waals surface area contributed by atoms with Gasteiger partial charge in [-0.3, -0.25) is 0 Å². The zero-order chi connectivity index (χ0) is 13.3. The third-order valence-electron chi connectivity index (χ3n) is 3.22. The Balaban J connectivity index is 2.31. The van der Waals surface area contributed by atoms with Crippen LogP contribution in [0, 0.1) is 20.8 Å².